The Labute approximate surface area is 96.6 Å². The van der Waals surface area contributed by atoms with Crippen molar-refractivity contribution in [2.45, 2.75) is 52.1 Å². The molecule has 2 unspecified atom stereocenters. The molecular weight excluding hydrogens is 208 g/mol. The third-order valence-electron chi connectivity index (χ3n) is 2.32. The van der Waals surface area contributed by atoms with E-state index in [0.29, 0.717) is 12.8 Å². The Morgan fingerprint density at radius 3 is 2.31 bits per heavy atom. The standard InChI is InChI=1S/C11H22N2O3/c1-4-9(7-11(15)16)13-10(14)6-8(3)12-5-2/h8-9,12H,4-7H2,1-3H3,(H,13,14)(H,15,16). The molecule has 1 amide bonds. The number of hydrogen-bond donors (Lipinski definition) is 3. The van der Waals surface area contributed by atoms with Gasteiger partial charge in [0.25, 0.3) is 0 Å². The first kappa shape index (κ1) is 14.9. The van der Waals surface area contributed by atoms with Crippen LogP contribution in [0, 0.1) is 0 Å². The number of hydrogen-bond acceptors (Lipinski definition) is 3. The van der Waals surface area contributed by atoms with E-state index in [2.05, 4.69) is 10.6 Å². The molecule has 0 heterocycles. The van der Waals surface area contributed by atoms with Crippen molar-refractivity contribution in [3.05, 3.63) is 0 Å². The Morgan fingerprint density at radius 1 is 1.25 bits per heavy atom. The summed E-state index contributed by atoms with van der Waals surface area (Å²) in [6.45, 7) is 6.59. The Kier molecular flexibility index (Phi) is 7.54. The van der Waals surface area contributed by atoms with Gasteiger partial charge in [-0.1, -0.05) is 13.8 Å². The fourth-order valence-corrected chi connectivity index (χ4v) is 1.49. The number of carbonyl (C=O) groups is 2. The minimum absolute atomic E-state index is 0.0160. The molecule has 0 aliphatic heterocycles. The summed E-state index contributed by atoms with van der Waals surface area (Å²) in [5, 5.41) is 14.5. The third kappa shape index (κ3) is 7.23. The van der Waals surface area contributed by atoms with Gasteiger partial charge in [-0.2, -0.15) is 0 Å². The zero-order chi connectivity index (χ0) is 12.6. The molecule has 0 aliphatic carbocycles. The number of carboxylic acid groups (broad SMARTS) is 1. The lowest BCUT2D eigenvalue weighted by atomic mass is 10.1. The molecule has 0 aromatic carbocycles. The molecule has 0 fully saturated rings. The summed E-state index contributed by atoms with van der Waals surface area (Å²) >= 11 is 0. The molecule has 94 valence electrons. The van der Waals surface area contributed by atoms with Crippen molar-refractivity contribution < 1.29 is 14.7 Å². The summed E-state index contributed by atoms with van der Waals surface area (Å²) < 4.78 is 0. The highest BCUT2D eigenvalue weighted by Gasteiger charge is 2.15. The van der Waals surface area contributed by atoms with Crippen LogP contribution in [0.2, 0.25) is 0 Å². The van der Waals surface area contributed by atoms with Gasteiger partial charge in [0.15, 0.2) is 0 Å². The van der Waals surface area contributed by atoms with Gasteiger partial charge in [0.2, 0.25) is 5.91 Å². The van der Waals surface area contributed by atoms with Gasteiger partial charge in [0, 0.05) is 18.5 Å². The van der Waals surface area contributed by atoms with E-state index in [9.17, 15) is 9.59 Å². The van der Waals surface area contributed by atoms with Gasteiger partial charge in [-0.3, -0.25) is 9.59 Å². The van der Waals surface area contributed by atoms with Crippen LogP contribution in [0.3, 0.4) is 0 Å². The second-order valence-electron chi connectivity index (χ2n) is 3.93. The van der Waals surface area contributed by atoms with Gasteiger partial charge in [0.1, 0.15) is 0 Å². The van der Waals surface area contributed by atoms with Crippen LogP contribution in [-0.4, -0.2) is 35.6 Å². The molecule has 0 saturated carbocycles. The summed E-state index contributed by atoms with van der Waals surface area (Å²) in [4.78, 5) is 22.0. The van der Waals surface area contributed by atoms with E-state index in [1.165, 1.54) is 0 Å². The van der Waals surface area contributed by atoms with Gasteiger partial charge in [-0.05, 0) is 19.9 Å². The fourth-order valence-electron chi connectivity index (χ4n) is 1.49. The monoisotopic (exact) mass is 230 g/mol. The van der Waals surface area contributed by atoms with Crippen molar-refractivity contribution in [1.29, 1.82) is 0 Å². The first-order valence-electron chi connectivity index (χ1n) is 5.74. The lowest BCUT2D eigenvalue weighted by Crippen LogP contribution is -2.39. The van der Waals surface area contributed by atoms with Crippen LogP contribution >= 0.6 is 0 Å². The van der Waals surface area contributed by atoms with E-state index < -0.39 is 5.97 Å². The molecule has 3 N–H and O–H groups in total. The summed E-state index contributed by atoms with van der Waals surface area (Å²) in [5.74, 6) is -0.978. The molecule has 0 aromatic rings. The summed E-state index contributed by atoms with van der Waals surface area (Å²) in [6, 6.07) is -0.147. The van der Waals surface area contributed by atoms with Crippen molar-refractivity contribution in [2.75, 3.05) is 6.54 Å². The molecule has 0 aliphatic rings. The van der Waals surface area contributed by atoms with Crippen molar-refractivity contribution in [1.82, 2.24) is 10.6 Å². The van der Waals surface area contributed by atoms with Crippen molar-refractivity contribution in [3.8, 4) is 0 Å². The molecule has 0 spiro atoms. The van der Waals surface area contributed by atoms with E-state index in [1.54, 1.807) is 0 Å². The SMILES string of the molecule is CCNC(C)CC(=O)NC(CC)CC(=O)O. The van der Waals surface area contributed by atoms with Crippen molar-refractivity contribution in [2.24, 2.45) is 0 Å². The van der Waals surface area contributed by atoms with Gasteiger partial charge in [-0.25, -0.2) is 0 Å². The van der Waals surface area contributed by atoms with Crippen molar-refractivity contribution in [3.63, 3.8) is 0 Å². The molecular formula is C11H22N2O3. The normalized spacial score (nSPS) is 14.2. The van der Waals surface area contributed by atoms with E-state index in [4.69, 9.17) is 5.11 Å². The summed E-state index contributed by atoms with van der Waals surface area (Å²) in [6.07, 6.45) is 0.995. The molecule has 0 rings (SSSR count). The smallest absolute Gasteiger partial charge is 0.305 e. The maximum atomic E-state index is 11.5. The summed E-state index contributed by atoms with van der Waals surface area (Å²) in [5.41, 5.74) is 0. The van der Waals surface area contributed by atoms with Crippen molar-refractivity contribution >= 4 is 11.9 Å². The molecule has 2 atom stereocenters. The molecule has 0 aromatic heterocycles. The topological polar surface area (TPSA) is 78.4 Å². The second-order valence-corrected chi connectivity index (χ2v) is 3.93. The Bertz CT molecular complexity index is 231. The second kappa shape index (κ2) is 8.10. The molecule has 0 radical (unpaired) electrons. The lowest BCUT2D eigenvalue weighted by Gasteiger charge is -2.17. The highest BCUT2D eigenvalue weighted by Crippen LogP contribution is 1.99. The predicted octanol–water partition coefficient (Wildman–Crippen LogP) is 0.744. The van der Waals surface area contributed by atoms with E-state index in [0.717, 1.165) is 6.54 Å². The molecule has 0 saturated heterocycles. The van der Waals surface area contributed by atoms with Gasteiger partial charge >= 0.3 is 5.97 Å². The average molecular weight is 230 g/mol. The Morgan fingerprint density at radius 2 is 1.88 bits per heavy atom. The van der Waals surface area contributed by atoms with Crippen LogP contribution < -0.4 is 10.6 Å². The molecule has 0 bridgehead atoms. The largest absolute Gasteiger partial charge is 0.481 e. The lowest BCUT2D eigenvalue weighted by molar-refractivity contribution is -0.137. The van der Waals surface area contributed by atoms with Crippen LogP contribution in [0.15, 0.2) is 0 Å². The number of rotatable bonds is 8. The molecule has 5 nitrogen and oxygen atoms in total. The average Bonchev–Trinajstić information content (AvgIpc) is 2.15. The third-order valence-corrected chi connectivity index (χ3v) is 2.32. The first-order valence-corrected chi connectivity index (χ1v) is 5.74. The Balaban J connectivity index is 3.95. The number of carbonyl (C=O) groups excluding carboxylic acids is 1. The first-order chi connectivity index (χ1) is 7.49. The quantitative estimate of drug-likeness (QED) is 0.575. The van der Waals surface area contributed by atoms with Gasteiger partial charge < -0.3 is 15.7 Å². The van der Waals surface area contributed by atoms with Crippen LogP contribution in [0.1, 0.15) is 40.0 Å². The number of aliphatic carboxylic acids is 1. The number of amides is 1. The van der Waals surface area contributed by atoms with E-state index in [1.807, 2.05) is 20.8 Å². The van der Waals surface area contributed by atoms with Crippen LogP contribution in [0.25, 0.3) is 0 Å². The number of nitrogens with one attached hydrogen (secondary N) is 2. The highest BCUT2D eigenvalue weighted by molar-refractivity contribution is 5.77. The van der Waals surface area contributed by atoms with E-state index in [-0.39, 0.29) is 24.4 Å². The van der Waals surface area contributed by atoms with Crippen LogP contribution in [0.4, 0.5) is 0 Å². The Hall–Kier alpha value is -1.10. The van der Waals surface area contributed by atoms with E-state index >= 15 is 0 Å². The summed E-state index contributed by atoms with van der Waals surface area (Å²) in [7, 11) is 0. The molecule has 16 heavy (non-hydrogen) atoms. The minimum Gasteiger partial charge on any atom is -0.481 e. The number of carboxylic acids is 1. The zero-order valence-electron chi connectivity index (χ0n) is 10.2. The maximum absolute atomic E-state index is 11.5. The maximum Gasteiger partial charge on any atom is 0.305 e. The van der Waals surface area contributed by atoms with Gasteiger partial charge in [0.05, 0.1) is 6.42 Å². The van der Waals surface area contributed by atoms with Crippen LogP contribution in [-0.2, 0) is 9.59 Å². The highest BCUT2D eigenvalue weighted by atomic mass is 16.4. The zero-order valence-corrected chi connectivity index (χ0v) is 10.2. The predicted molar refractivity (Wildman–Crippen MR) is 62.2 cm³/mol. The van der Waals surface area contributed by atoms with Crippen LogP contribution in [0.5, 0.6) is 0 Å². The fraction of sp³-hybridized carbons (Fsp3) is 0.818. The van der Waals surface area contributed by atoms with Gasteiger partial charge in [-0.15, -0.1) is 0 Å². The molecule has 5 heteroatoms. The minimum atomic E-state index is -0.883.